The molecule has 1 amide bonds. The molecule has 0 aromatic heterocycles. The van der Waals surface area contributed by atoms with Crippen molar-refractivity contribution in [3.63, 3.8) is 0 Å². The number of rotatable bonds is 1. The molecule has 3 rings (SSSR count). The van der Waals surface area contributed by atoms with E-state index in [9.17, 15) is 4.79 Å². The number of amides is 1. The second kappa shape index (κ2) is 5.91. The highest BCUT2D eigenvalue weighted by Crippen LogP contribution is 2.58. The average molecular weight is 335 g/mol. The van der Waals surface area contributed by atoms with E-state index < -0.39 is 5.54 Å². The topological polar surface area (TPSA) is 55.6 Å². The van der Waals surface area contributed by atoms with Gasteiger partial charge in [-0.3, -0.25) is 4.79 Å². The number of thioether (sulfide) groups is 1. The van der Waals surface area contributed by atoms with Crippen molar-refractivity contribution >= 4 is 30.1 Å². The summed E-state index contributed by atoms with van der Waals surface area (Å²) in [5.74, 6) is 1.37. The normalized spacial score (nSPS) is 41.5. The Hall–Kier alpha value is 0.0300. The van der Waals surface area contributed by atoms with Gasteiger partial charge in [0.05, 0.1) is 6.10 Å². The highest BCUT2D eigenvalue weighted by atomic mass is 35.5. The molecule has 4 unspecified atom stereocenters. The van der Waals surface area contributed by atoms with Crippen molar-refractivity contribution in [3.8, 4) is 0 Å². The summed E-state index contributed by atoms with van der Waals surface area (Å²) in [4.78, 5) is 15.0. The summed E-state index contributed by atoms with van der Waals surface area (Å²) >= 11 is 1.94. The lowest BCUT2D eigenvalue weighted by molar-refractivity contribution is -0.230. The number of hydrogen-bond acceptors (Lipinski definition) is 4. The fourth-order valence-corrected chi connectivity index (χ4v) is 5.29. The number of halogens is 1. The van der Waals surface area contributed by atoms with Gasteiger partial charge < -0.3 is 15.4 Å². The number of carbonyl (C=O) groups is 1. The summed E-state index contributed by atoms with van der Waals surface area (Å²) in [7, 11) is 0. The van der Waals surface area contributed by atoms with E-state index in [0.717, 1.165) is 38.3 Å². The Labute approximate surface area is 137 Å². The van der Waals surface area contributed by atoms with Crippen molar-refractivity contribution in [2.45, 2.75) is 50.5 Å². The molecular weight excluding hydrogens is 308 g/mol. The Morgan fingerprint density at radius 1 is 1.43 bits per heavy atom. The van der Waals surface area contributed by atoms with Crippen molar-refractivity contribution in [2.24, 2.45) is 17.1 Å². The fraction of sp³-hybridized carbons (Fsp3) is 0.933. The van der Waals surface area contributed by atoms with Gasteiger partial charge in [-0.1, -0.05) is 20.8 Å². The molecule has 6 heteroatoms. The molecule has 1 aliphatic carbocycles. The van der Waals surface area contributed by atoms with E-state index in [4.69, 9.17) is 10.5 Å². The van der Waals surface area contributed by atoms with Crippen LogP contribution in [-0.4, -0.2) is 53.1 Å². The molecule has 3 aliphatic rings. The molecular formula is C15H27ClN2O2S. The molecule has 2 heterocycles. The third-order valence-corrected chi connectivity index (χ3v) is 6.70. The second-order valence-electron chi connectivity index (χ2n) is 7.06. The van der Waals surface area contributed by atoms with Gasteiger partial charge in [0.1, 0.15) is 5.54 Å². The monoisotopic (exact) mass is 334 g/mol. The Morgan fingerprint density at radius 3 is 2.81 bits per heavy atom. The lowest BCUT2D eigenvalue weighted by atomic mass is 9.46. The maximum Gasteiger partial charge on any atom is 0.243 e. The third kappa shape index (κ3) is 2.41. The SMILES string of the molecule is CC1CN(C(=O)C2(N)C3CCCOC3C2(C)C)CCS1.Cl. The zero-order valence-electron chi connectivity index (χ0n) is 13.1. The van der Waals surface area contributed by atoms with Crippen LogP contribution in [-0.2, 0) is 9.53 Å². The van der Waals surface area contributed by atoms with Crippen LogP contribution < -0.4 is 5.73 Å². The first-order chi connectivity index (χ1) is 9.39. The Morgan fingerprint density at radius 2 is 2.14 bits per heavy atom. The molecule has 4 atom stereocenters. The fourth-order valence-electron chi connectivity index (χ4n) is 4.27. The molecule has 3 fully saturated rings. The highest BCUT2D eigenvalue weighted by molar-refractivity contribution is 7.99. The molecule has 0 aromatic rings. The van der Waals surface area contributed by atoms with Crippen molar-refractivity contribution in [2.75, 3.05) is 25.4 Å². The minimum Gasteiger partial charge on any atom is -0.377 e. The smallest absolute Gasteiger partial charge is 0.243 e. The van der Waals surface area contributed by atoms with E-state index in [1.807, 2.05) is 16.7 Å². The first-order valence-electron chi connectivity index (χ1n) is 7.70. The van der Waals surface area contributed by atoms with E-state index >= 15 is 0 Å². The van der Waals surface area contributed by atoms with Crippen LogP contribution in [0, 0.1) is 11.3 Å². The molecule has 0 aromatic carbocycles. The molecule has 122 valence electrons. The van der Waals surface area contributed by atoms with Gasteiger partial charge in [0, 0.05) is 42.0 Å². The van der Waals surface area contributed by atoms with Gasteiger partial charge in [-0.25, -0.2) is 0 Å². The number of carbonyl (C=O) groups excluding carboxylic acids is 1. The van der Waals surface area contributed by atoms with Crippen LogP contribution in [0.1, 0.15) is 33.6 Å². The zero-order valence-corrected chi connectivity index (χ0v) is 14.8. The lowest BCUT2D eigenvalue weighted by Gasteiger charge is -2.66. The highest BCUT2D eigenvalue weighted by Gasteiger charge is 2.70. The summed E-state index contributed by atoms with van der Waals surface area (Å²) in [6.45, 7) is 8.86. The standard InChI is InChI=1S/C15H26N2O2S.ClH/c1-10-9-17(6-8-20-10)13(18)15(16)11-5-4-7-19-12(11)14(15,2)3;/h10-12H,4-9,16H2,1-3H3;1H. The van der Waals surface area contributed by atoms with Gasteiger partial charge in [0.25, 0.3) is 0 Å². The van der Waals surface area contributed by atoms with Crippen LogP contribution in [0.4, 0.5) is 0 Å². The lowest BCUT2D eigenvalue weighted by Crippen LogP contribution is -2.82. The van der Waals surface area contributed by atoms with Gasteiger partial charge >= 0.3 is 0 Å². The Bertz CT molecular complexity index is 420. The molecule has 2 aliphatic heterocycles. The summed E-state index contributed by atoms with van der Waals surface area (Å²) in [6, 6.07) is 0. The van der Waals surface area contributed by atoms with E-state index in [1.165, 1.54) is 0 Å². The van der Waals surface area contributed by atoms with E-state index in [0.29, 0.717) is 5.25 Å². The molecule has 1 saturated carbocycles. The van der Waals surface area contributed by atoms with Crippen LogP contribution in [0.25, 0.3) is 0 Å². The van der Waals surface area contributed by atoms with Gasteiger partial charge in [-0.15, -0.1) is 12.4 Å². The largest absolute Gasteiger partial charge is 0.377 e. The third-order valence-electron chi connectivity index (χ3n) is 5.57. The van der Waals surface area contributed by atoms with Crippen molar-refractivity contribution in [3.05, 3.63) is 0 Å². The molecule has 2 saturated heterocycles. The van der Waals surface area contributed by atoms with Crippen molar-refractivity contribution in [1.29, 1.82) is 0 Å². The first-order valence-corrected chi connectivity index (χ1v) is 8.75. The van der Waals surface area contributed by atoms with Crippen LogP contribution in [0.5, 0.6) is 0 Å². The molecule has 21 heavy (non-hydrogen) atoms. The molecule has 0 radical (unpaired) electrons. The van der Waals surface area contributed by atoms with Crippen molar-refractivity contribution in [1.82, 2.24) is 4.90 Å². The molecule has 0 bridgehead atoms. The predicted octanol–water partition coefficient (Wildman–Crippen LogP) is 1.90. The van der Waals surface area contributed by atoms with Crippen molar-refractivity contribution < 1.29 is 9.53 Å². The van der Waals surface area contributed by atoms with Crippen LogP contribution >= 0.6 is 24.2 Å². The summed E-state index contributed by atoms with van der Waals surface area (Å²) in [6.07, 6.45) is 2.20. The summed E-state index contributed by atoms with van der Waals surface area (Å²) in [5, 5.41) is 0.512. The van der Waals surface area contributed by atoms with Gasteiger partial charge in [-0.05, 0) is 12.8 Å². The molecule has 0 spiro atoms. The maximum atomic E-state index is 13.1. The quantitative estimate of drug-likeness (QED) is 0.795. The van der Waals surface area contributed by atoms with Crippen LogP contribution in [0.2, 0.25) is 0 Å². The maximum absolute atomic E-state index is 13.1. The predicted molar refractivity (Wildman–Crippen MR) is 88.9 cm³/mol. The summed E-state index contributed by atoms with van der Waals surface area (Å²) in [5.41, 5.74) is 5.68. The number of nitrogens with zero attached hydrogens (tertiary/aromatic N) is 1. The van der Waals surface area contributed by atoms with E-state index in [1.54, 1.807) is 0 Å². The van der Waals surface area contributed by atoms with Crippen LogP contribution in [0.3, 0.4) is 0 Å². The molecule has 2 N–H and O–H groups in total. The van der Waals surface area contributed by atoms with E-state index in [2.05, 4.69) is 20.8 Å². The number of fused-ring (bicyclic) bond motifs is 1. The molecule has 4 nitrogen and oxygen atoms in total. The Balaban J connectivity index is 0.00000161. The van der Waals surface area contributed by atoms with E-state index in [-0.39, 0.29) is 35.8 Å². The van der Waals surface area contributed by atoms with Gasteiger partial charge in [-0.2, -0.15) is 11.8 Å². The Kier molecular flexibility index (Phi) is 4.89. The number of nitrogens with two attached hydrogens (primary N) is 1. The van der Waals surface area contributed by atoms with Crippen LogP contribution in [0.15, 0.2) is 0 Å². The zero-order chi connectivity index (χ0) is 14.5. The summed E-state index contributed by atoms with van der Waals surface area (Å²) < 4.78 is 5.89. The van der Waals surface area contributed by atoms with Gasteiger partial charge in [0.2, 0.25) is 5.91 Å². The number of hydrogen-bond donors (Lipinski definition) is 1. The number of ether oxygens (including phenoxy) is 1. The first kappa shape index (κ1) is 17.4. The van der Waals surface area contributed by atoms with Gasteiger partial charge in [0.15, 0.2) is 0 Å². The minimum absolute atomic E-state index is 0. The minimum atomic E-state index is -0.736. The average Bonchev–Trinajstić information content (AvgIpc) is 2.45. The second-order valence-corrected chi connectivity index (χ2v) is 8.61.